The molecule has 0 spiro atoms. The maximum atomic E-state index is 11.5. The summed E-state index contributed by atoms with van der Waals surface area (Å²) in [5, 5.41) is 0. The van der Waals surface area contributed by atoms with Gasteiger partial charge in [0.1, 0.15) is 0 Å². The number of aromatic nitrogens is 1. The van der Waals surface area contributed by atoms with Crippen LogP contribution in [0, 0.1) is 0 Å². The molecule has 0 saturated heterocycles. The summed E-state index contributed by atoms with van der Waals surface area (Å²) in [5.41, 5.74) is 0.778. The molecule has 0 bridgehead atoms. The van der Waals surface area contributed by atoms with Gasteiger partial charge in [-0.1, -0.05) is 6.07 Å². The molecule has 96 valence electrons. The van der Waals surface area contributed by atoms with Gasteiger partial charge in [-0.25, -0.2) is 18.1 Å². The molecule has 1 N–H and O–H groups in total. The number of ether oxygens (including phenoxy) is 1. The van der Waals surface area contributed by atoms with Crippen molar-refractivity contribution in [2.75, 3.05) is 18.7 Å². The lowest BCUT2D eigenvalue weighted by Gasteiger charge is -2.06. The van der Waals surface area contributed by atoms with Crippen molar-refractivity contribution in [3.05, 3.63) is 23.9 Å². The third kappa shape index (κ3) is 5.34. The van der Waals surface area contributed by atoms with E-state index in [1.54, 1.807) is 18.3 Å². The van der Waals surface area contributed by atoms with E-state index in [4.69, 9.17) is 16.3 Å². The monoisotopic (exact) mass is 278 g/mol. The van der Waals surface area contributed by atoms with Gasteiger partial charge in [0.15, 0.2) is 0 Å². The van der Waals surface area contributed by atoms with Gasteiger partial charge in [0.25, 0.3) is 0 Å². The van der Waals surface area contributed by atoms with Gasteiger partial charge in [-0.15, -0.1) is 11.6 Å². The van der Waals surface area contributed by atoms with Gasteiger partial charge < -0.3 is 4.74 Å². The minimum Gasteiger partial charge on any atom is -0.481 e. The van der Waals surface area contributed by atoms with E-state index in [-0.39, 0.29) is 12.3 Å². The van der Waals surface area contributed by atoms with Crippen molar-refractivity contribution in [1.82, 2.24) is 9.71 Å². The predicted octanol–water partition coefficient (Wildman–Crippen LogP) is 1.14. The largest absolute Gasteiger partial charge is 0.481 e. The van der Waals surface area contributed by atoms with Crippen molar-refractivity contribution in [1.29, 1.82) is 0 Å². The molecule has 0 fully saturated rings. The first-order valence-corrected chi connectivity index (χ1v) is 7.28. The molecule has 0 saturated carbocycles. The van der Waals surface area contributed by atoms with Crippen molar-refractivity contribution in [2.24, 2.45) is 0 Å². The fourth-order valence-electron chi connectivity index (χ4n) is 1.15. The fraction of sp³-hybridized carbons (Fsp3) is 0.500. The van der Waals surface area contributed by atoms with E-state index >= 15 is 0 Å². The lowest BCUT2D eigenvalue weighted by atomic mass is 10.3. The lowest BCUT2D eigenvalue weighted by Crippen LogP contribution is -2.26. The Morgan fingerprint density at radius 3 is 2.76 bits per heavy atom. The van der Waals surface area contributed by atoms with Crippen LogP contribution in [0.25, 0.3) is 0 Å². The van der Waals surface area contributed by atoms with Crippen LogP contribution in [0.5, 0.6) is 5.88 Å². The summed E-state index contributed by atoms with van der Waals surface area (Å²) in [6, 6.07) is 3.44. The number of alkyl halides is 1. The third-order valence-electron chi connectivity index (χ3n) is 2.05. The Labute approximate surface area is 106 Å². The van der Waals surface area contributed by atoms with Gasteiger partial charge >= 0.3 is 0 Å². The van der Waals surface area contributed by atoms with Crippen molar-refractivity contribution in [3.8, 4) is 5.88 Å². The van der Waals surface area contributed by atoms with Crippen LogP contribution >= 0.6 is 11.6 Å². The maximum absolute atomic E-state index is 11.5. The Morgan fingerprint density at radius 2 is 2.24 bits per heavy atom. The van der Waals surface area contributed by atoms with Gasteiger partial charge in [0.2, 0.25) is 15.9 Å². The summed E-state index contributed by atoms with van der Waals surface area (Å²) < 4.78 is 30.3. The van der Waals surface area contributed by atoms with Crippen LogP contribution in [0.3, 0.4) is 0 Å². The second kappa shape index (κ2) is 6.78. The zero-order valence-electron chi connectivity index (χ0n) is 9.52. The highest BCUT2D eigenvalue weighted by atomic mass is 35.5. The minimum absolute atomic E-state index is 0.0417. The van der Waals surface area contributed by atoms with Crippen LogP contribution in [-0.4, -0.2) is 32.1 Å². The predicted molar refractivity (Wildman–Crippen MR) is 66.8 cm³/mol. The number of sulfonamides is 1. The molecule has 0 aliphatic rings. The molecular weight excluding hydrogens is 264 g/mol. The Bertz CT molecular complexity index is 433. The molecule has 0 aliphatic carbocycles. The number of nitrogens with zero attached hydrogens (tertiary/aromatic N) is 1. The van der Waals surface area contributed by atoms with E-state index in [0.717, 1.165) is 5.56 Å². The zero-order valence-corrected chi connectivity index (χ0v) is 11.1. The number of nitrogens with one attached hydrogen (secondary N) is 1. The fourth-order valence-corrected chi connectivity index (χ4v) is 2.49. The molecule has 0 aromatic carbocycles. The summed E-state index contributed by atoms with van der Waals surface area (Å²) in [6.07, 6.45) is 2.01. The Morgan fingerprint density at radius 1 is 1.47 bits per heavy atom. The number of hydrogen-bond donors (Lipinski definition) is 1. The SMILES string of the molecule is COc1ccc(CNS(=O)(=O)CCCCl)cn1. The molecule has 1 heterocycles. The highest BCUT2D eigenvalue weighted by Crippen LogP contribution is 2.06. The Kier molecular flexibility index (Phi) is 5.67. The molecule has 17 heavy (non-hydrogen) atoms. The van der Waals surface area contributed by atoms with E-state index in [2.05, 4.69) is 9.71 Å². The smallest absolute Gasteiger partial charge is 0.212 e. The molecule has 1 rings (SSSR count). The van der Waals surface area contributed by atoms with E-state index < -0.39 is 10.0 Å². The molecule has 0 amide bonds. The van der Waals surface area contributed by atoms with E-state index in [1.165, 1.54) is 7.11 Å². The molecule has 1 aromatic rings. The molecule has 0 aliphatic heterocycles. The van der Waals surface area contributed by atoms with Crippen molar-refractivity contribution in [3.63, 3.8) is 0 Å². The van der Waals surface area contributed by atoms with Gasteiger partial charge in [0, 0.05) is 24.7 Å². The van der Waals surface area contributed by atoms with Crippen LogP contribution in [0.1, 0.15) is 12.0 Å². The Balaban J connectivity index is 2.49. The van der Waals surface area contributed by atoms with Crippen LogP contribution < -0.4 is 9.46 Å². The van der Waals surface area contributed by atoms with Gasteiger partial charge in [-0.05, 0) is 12.0 Å². The van der Waals surface area contributed by atoms with E-state index in [0.29, 0.717) is 18.2 Å². The molecule has 0 unspecified atom stereocenters. The summed E-state index contributed by atoms with van der Waals surface area (Å²) in [5.74, 6) is 0.879. The quantitative estimate of drug-likeness (QED) is 0.760. The average Bonchev–Trinajstić information content (AvgIpc) is 2.35. The van der Waals surface area contributed by atoms with Crippen LogP contribution in [0.4, 0.5) is 0 Å². The van der Waals surface area contributed by atoms with Gasteiger partial charge in [0.05, 0.1) is 12.9 Å². The molecule has 7 heteroatoms. The summed E-state index contributed by atoms with van der Waals surface area (Å²) >= 11 is 5.44. The normalized spacial score (nSPS) is 11.4. The van der Waals surface area contributed by atoms with Gasteiger partial charge in [-0.3, -0.25) is 0 Å². The first-order chi connectivity index (χ1) is 8.07. The number of halogens is 1. The van der Waals surface area contributed by atoms with E-state index in [9.17, 15) is 8.42 Å². The second-order valence-corrected chi connectivity index (χ2v) is 5.70. The number of methoxy groups -OCH3 is 1. The number of pyridine rings is 1. The van der Waals surface area contributed by atoms with Gasteiger partial charge in [-0.2, -0.15) is 0 Å². The number of rotatable bonds is 7. The molecular formula is C10H15ClN2O3S. The Hall–Kier alpha value is -0.850. The highest BCUT2D eigenvalue weighted by molar-refractivity contribution is 7.89. The lowest BCUT2D eigenvalue weighted by molar-refractivity contribution is 0.397. The topological polar surface area (TPSA) is 68.3 Å². The first kappa shape index (κ1) is 14.2. The van der Waals surface area contributed by atoms with Crippen molar-refractivity contribution < 1.29 is 13.2 Å². The average molecular weight is 279 g/mol. The standard InChI is InChI=1S/C10H15ClN2O3S/c1-16-10-4-3-9(7-12-10)8-13-17(14,15)6-2-5-11/h3-4,7,13H,2,5-6,8H2,1H3. The molecule has 0 atom stereocenters. The summed E-state index contributed by atoms with van der Waals surface area (Å²) in [7, 11) is -1.73. The maximum Gasteiger partial charge on any atom is 0.212 e. The van der Waals surface area contributed by atoms with Crippen molar-refractivity contribution >= 4 is 21.6 Å². The highest BCUT2D eigenvalue weighted by Gasteiger charge is 2.09. The zero-order chi connectivity index (χ0) is 12.7. The van der Waals surface area contributed by atoms with Crippen molar-refractivity contribution in [2.45, 2.75) is 13.0 Å². The molecule has 1 aromatic heterocycles. The first-order valence-electron chi connectivity index (χ1n) is 5.09. The summed E-state index contributed by atoms with van der Waals surface area (Å²) in [4.78, 5) is 3.98. The van der Waals surface area contributed by atoms with Crippen LogP contribution in [0.2, 0.25) is 0 Å². The number of hydrogen-bond acceptors (Lipinski definition) is 4. The minimum atomic E-state index is -3.25. The second-order valence-electron chi connectivity index (χ2n) is 3.39. The van der Waals surface area contributed by atoms with Crippen LogP contribution in [0.15, 0.2) is 18.3 Å². The van der Waals surface area contributed by atoms with E-state index in [1.807, 2.05) is 0 Å². The molecule has 5 nitrogen and oxygen atoms in total. The third-order valence-corrected chi connectivity index (χ3v) is 3.73. The van der Waals surface area contributed by atoms with Crippen LogP contribution in [-0.2, 0) is 16.6 Å². The molecule has 0 radical (unpaired) electrons. The summed E-state index contributed by atoms with van der Waals surface area (Å²) in [6.45, 7) is 0.224.